The number of nitrogens with two attached hydrogens (primary N) is 1. The molecule has 0 aliphatic carbocycles. The van der Waals surface area contributed by atoms with Gasteiger partial charge in [0.2, 0.25) is 5.91 Å². The van der Waals surface area contributed by atoms with E-state index in [-0.39, 0.29) is 29.7 Å². The van der Waals surface area contributed by atoms with Crippen molar-refractivity contribution in [3.05, 3.63) is 72.3 Å². The first-order valence-corrected chi connectivity index (χ1v) is 8.29. The van der Waals surface area contributed by atoms with Crippen molar-refractivity contribution in [2.45, 2.75) is 6.42 Å². The monoisotopic (exact) mass is 378 g/mol. The van der Waals surface area contributed by atoms with Crippen LogP contribution in [0.5, 0.6) is 0 Å². The Hall–Kier alpha value is -4.21. The standard InChI is InChI=1S/C18H18N8O2/c19-15-16(24-23-14(27)9-12-5-2-1-3-6-12)21-11-22-17(15)25-26-18(28)13-7-4-8-20-10-13/h1-8,10-11H,9,19H2,(H,23,27)(H,26,28)(H2,21,22,24,25). The Morgan fingerprint density at radius 3 is 2.32 bits per heavy atom. The lowest BCUT2D eigenvalue weighted by atomic mass is 10.1. The van der Waals surface area contributed by atoms with Crippen LogP contribution in [0.25, 0.3) is 0 Å². The quantitative estimate of drug-likeness (QED) is 0.381. The largest absolute Gasteiger partial charge is 0.393 e. The Bertz CT molecular complexity index is 950. The molecule has 2 amide bonds. The Morgan fingerprint density at radius 1 is 0.929 bits per heavy atom. The molecule has 0 saturated heterocycles. The highest BCUT2D eigenvalue weighted by Crippen LogP contribution is 2.20. The number of pyridine rings is 1. The zero-order valence-corrected chi connectivity index (χ0v) is 14.7. The molecule has 0 spiro atoms. The Morgan fingerprint density at radius 2 is 1.64 bits per heavy atom. The molecule has 0 radical (unpaired) electrons. The van der Waals surface area contributed by atoms with Gasteiger partial charge in [0.25, 0.3) is 5.91 Å². The molecule has 0 atom stereocenters. The minimum absolute atomic E-state index is 0.119. The maximum Gasteiger partial charge on any atom is 0.271 e. The Kier molecular flexibility index (Phi) is 5.93. The number of hydrogen-bond acceptors (Lipinski definition) is 8. The molecule has 2 aromatic heterocycles. The third-order valence-electron chi connectivity index (χ3n) is 3.63. The second-order valence-electron chi connectivity index (χ2n) is 5.64. The number of hydrazine groups is 2. The van der Waals surface area contributed by atoms with Gasteiger partial charge in [0.15, 0.2) is 11.6 Å². The number of aromatic nitrogens is 3. The van der Waals surface area contributed by atoms with Crippen LogP contribution in [0.15, 0.2) is 61.2 Å². The average Bonchev–Trinajstić information content (AvgIpc) is 2.73. The molecule has 10 heteroatoms. The van der Waals surface area contributed by atoms with E-state index < -0.39 is 5.91 Å². The van der Waals surface area contributed by atoms with Gasteiger partial charge in [-0.25, -0.2) is 9.97 Å². The lowest BCUT2D eigenvalue weighted by Crippen LogP contribution is -2.33. The van der Waals surface area contributed by atoms with Crippen molar-refractivity contribution in [2.24, 2.45) is 0 Å². The van der Waals surface area contributed by atoms with Crippen LogP contribution in [-0.4, -0.2) is 26.8 Å². The molecular formula is C18H18N8O2. The second kappa shape index (κ2) is 8.94. The predicted octanol–water partition coefficient (Wildman–Crippen LogP) is 0.896. The molecule has 1 aromatic carbocycles. The Labute approximate surface area is 160 Å². The van der Waals surface area contributed by atoms with Crippen molar-refractivity contribution in [1.82, 2.24) is 25.8 Å². The van der Waals surface area contributed by atoms with Gasteiger partial charge in [-0.1, -0.05) is 30.3 Å². The first-order chi connectivity index (χ1) is 13.6. The maximum atomic E-state index is 12.0. The summed E-state index contributed by atoms with van der Waals surface area (Å²) in [5.74, 6) is -0.304. The number of hydrogen-bond donors (Lipinski definition) is 5. The molecule has 28 heavy (non-hydrogen) atoms. The molecule has 0 fully saturated rings. The number of benzene rings is 1. The minimum atomic E-state index is -0.406. The van der Waals surface area contributed by atoms with Crippen molar-refractivity contribution in [3.8, 4) is 0 Å². The molecule has 0 unspecified atom stereocenters. The number of carbonyl (C=O) groups is 2. The van der Waals surface area contributed by atoms with Gasteiger partial charge in [0.1, 0.15) is 12.0 Å². The molecule has 3 aromatic rings. The number of rotatable bonds is 7. The lowest BCUT2D eigenvalue weighted by molar-refractivity contribution is -0.119. The first kappa shape index (κ1) is 18.6. The fraction of sp³-hybridized carbons (Fsp3) is 0.0556. The smallest absolute Gasteiger partial charge is 0.271 e. The summed E-state index contributed by atoms with van der Waals surface area (Å²) in [7, 11) is 0. The Balaban J connectivity index is 1.56. The normalized spacial score (nSPS) is 10.0. The summed E-state index contributed by atoms with van der Waals surface area (Å²) in [6, 6.07) is 12.6. The van der Waals surface area contributed by atoms with Crippen LogP contribution < -0.4 is 27.4 Å². The van der Waals surface area contributed by atoms with E-state index in [9.17, 15) is 9.59 Å². The molecule has 2 heterocycles. The van der Waals surface area contributed by atoms with E-state index in [0.29, 0.717) is 5.56 Å². The van der Waals surface area contributed by atoms with Crippen molar-refractivity contribution < 1.29 is 9.59 Å². The molecular weight excluding hydrogens is 360 g/mol. The minimum Gasteiger partial charge on any atom is -0.393 e. The highest BCUT2D eigenvalue weighted by atomic mass is 16.2. The zero-order valence-electron chi connectivity index (χ0n) is 14.7. The summed E-state index contributed by atoms with van der Waals surface area (Å²) < 4.78 is 0. The van der Waals surface area contributed by atoms with Crippen molar-refractivity contribution in [2.75, 3.05) is 16.6 Å². The third kappa shape index (κ3) is 4.91. The number of nitrogens with zero attached hydrogens (tertiary/aromatic N) is 3. The van der Waals surface area contributed by atoms with Gasteiger partial charge in [-0.3, -0.25) is 36.3 Å². The number of carbonyl (C=O) groups excluding carboxylic acids is 2. The molecule has 10 nitrogen and oxygen atoms in total. The molecule has 6 N–H and O–H groups in total. The van der Waals surface area contributed by atoms with Crippen LogP contribution in [0.2, 0.25) is 0 Å². The summed E-state index contributed by atoms with van der Waals surface area (Å²) in [4.78, 5) is 35.9. The van der Waals surface area contributed by atoms with Crippen LogP contribution in [0.4, 0.5) is 17.3 Å². The second-order valence-corrected chi connectivity index (χ2v) is 5.64. The zero-order chi connectivity index (χ0) is 19.8. The van der Waals surface area contributed by atoms with E-state index in [4.69, 9.17) is 5.73 Å². The predicted molar refractivity (Wildman–Crippen MR) is 104 cm³/mol. The average molecular weight is 378 g/mol. The summed E-state index contributed by atoms with van der Waals surface area (Å²) >= 11 is 0. The molecule has 3 rings (SSSR count). The van der Waals surface area contributed by atoms with E-state index in [1.807, 2.05) is 30.3 Å². The topological polar surface area (TPSA) is 147 Å². The van der Waals surface area contributed by atoms with Crippen LogP contribution in [0.1, 0.15) is 15.9 Å². The van der Waals surface area contributed by atoms with Crippen molar-refractivity contribution in [3.63, 3.8) is 0 Å². The molecule has 0 aliphatic heterocycles. The first-order valence-electron chi connectivity index (χ1n) is 8.29. The van der Waals surface area contributed by atoms with E-state index in [1.54, 1.807) is 18.3 Å². The van der Waals surface area contributed by atoms with Gasteiger partial charge in [0, 0.05) is 12.4 Å². The maximum absolute atomic E-state index is 12.0. The van der Waals surface area contributed by atoms with Gasteiger partial charge >= 0.3 is 0 Å². The highest BCUT2D eigenvalue weighted by Gasteiger charge is 2.11. The van der Waals surface area contributed by atoms with Crippen LogP contribution in [0.3, 0.4) is 0 Å². The van der Waals surface area contributed by atoms with E-state index in [0.717, 1.165) is 5.56 Å². The highest BCUT2D eigenvalue weighted by molar-refractivity contribution is 5.94. The van der Waals surface area contributed by atoms with Gasteiger partial charge in [-0.15, -0.1) is 0 Å². The van der Waals surface area contributed by atoms with E-state index in [1.165, 1.54) is 12.5 Å². The molecule has 0 saturated carbocycles. The molecule has 142 valence electrons. The number of amides is 2. The van der Waals surface area contributed by atoms with E-state index >= 15 is 0 Å². The molecule has 0 bridgehead atoms. The molecule has 0 aliphatic rings. The van der Waals surface area contributed by atoms with Gasteiger partial charge < -0.3 is 5.73 Å². The number of nitrogen functional groups attached to an aromatic ring is 1. The van der Waals surface area contributed by atoms with Crippen molar-refractivity contribution >= 4 is 29.1 Å². The lowest BCUT2D eigenvalue weighted by Gasteiger charge is -2.13. The van der Waals surface area contributed by atoms with E-state index in [2.05, 4.69) is 36.7 Å². The summed E-state index contributed by atoms with van der Waals surface area (Å²) in [5.41, 5.74) is 17.6. The van der Waals surface area contributed by atoms with Gasteiger partial charge in [0.05, 0.1) is 12.0 Å². The van der Waals surface area contributed by atoms with Gasteiger partial charge in [-0.05, 0) is 17.7 Å². The van der Waals surface area contributed by atoms with Crippen molar-refractivity contribution in [1.29, 1.82) is 0 Å². The third-order valence-corrected chi connectivity index (χ3v) is 3.63. The summed E-state index contributed by atoms with van der Waals surface area (Å²) in [5, 5.41) is 0. The number of anilines is 3. The summed E-state index contributed by atoms with van der Waals surface area (Å²) in [6.45, 7) is 0. The summed E-state index contributed by atoms with van der Waals surface area (Å²) in [6.07, 6.45) is 4.43. The van der Waals surface area contributed by atoms with Crippen LogP contribution in [-0.2, 0) is 11.2 Å². The fourth-order valence-electron chi connectivity index (χ4n) is 2.23. The SMILES string of the molecule is Nc1c(NNC(=O)Cc2ccccc2)ncnc1NNC(=O)c1cccnc1. The van der Waals surface area contributed by atoms with Gasteiger partial charge in [-0.2, -0.15) is 0 Å². The van der Waals surface area contributed by atoms with Crippen LogP contribution in [0, 0.1) is 0 Å². The fourth-order valence-corrected chi connectivity index (χ4v) is 2.23. The number of nitrogens with one attached hydrogen (secondary N) is 4. The van der Waals surface area contributed by atoms with Crippen LogP contribution >= 0.6 is 0 Å².